The fourth-order valence-corrected chi connectivity index (χ4v) is 3.38. The maximum atomic E-state index is 5.89. The van der Waals surface area contributed by atoms with Crippen LogP contribution in [0.3, 0.4) is 0 Å². The van der Waals surface area contributed by atoms with Crippen LogP contribution in [0.25, 0.3) is 11.3 Å². The van der Waals surface area contributed by atoms with Crippen molar-refractivity contribution < 1.29 is 9.15 Å². The van der Waals surface area contributed by atoms with Gasteiger partial charge in [-0.05, 0) is 0 Å². The molecule has 0 unspecified atom stereocenters. The van der Waals surface area contributed by atoms with E-state index in [-0.39, 0.29) is 6.10 Å². The monoisotopic (exact) mass is 327 g/mol. The van der Waals surface area contributed by atoms with Crippen LogP contribution in [0.15, 0.2) is 52.5 Å². The van der Waals surface area contributed by atoms with E-state index in [0.717, 1.165) is 35.3 Å². The molecule has 0 spiro atoms. The Balaban J connectivity index is 1.43. The van der Waals surface area contributed by atoms with Gasteiger partial charge in [-0.25, -0.2) is 9.97 Å². The molecule has 2 aromatic heterocycles. The molecule has 0 radical (unpaired) electrons. The largest absolute Gasteiger partial charge is 0.439 e. The number of aromatic nitrogens is 2. The number of rotatable bonds is 4. The van der Waals surface area contributed by atoms with Crippen molar-refractivity contribution in [2.24, 2.45) is 0 Å². The lowest BCUT2D eigenvalue weighted by Gasteiger charge is -2.30. The molecule has 0 saturated carbocycles. The predicted molar refractivity (Wildman–Crippen MR) is 88.0 cm³/mol. The van der Waals surface area contributed by atoms with Gasteiger partial charge in [0, 0.05) is 30.2 Å². The topological polar surface area (TPSA) is 51.4 Å². The molecule has 0 N–H and O–H groups in total. The minimum absolute atomic E-state index is 0.0484. The zero-order chi connectivity index (χ0) is 15.5. The smallest absolute Gasteiger partial charge is 0.209 e. The third-order valence-corrected chi connectivity index (χ3v) is 4.72. The van der Waals surface area contributed by atoms with E-state index < -0.39 is 0 Å². The molecule has 4 rings (SSSR count). The van der Waals surface area contributed by atoms with Crippen LogP contribution in [0.4, 0.5) is 0 Å². The van der Waals surface area contributed by atoms with Crippen LogP contribution in [0.5, 0.6) is 0 Å². The molecule has 118 valence electrons. The number of hydrogen-bond acceptors (Lipinski definition) is 6. The second-order valence-electron chi connectivity index (χ2n) is 5.45. The third-order valence-electron chi connectivity index (χ3n) is 3.85. The van der Waals surface area contributed by atoms with Crippen molar-refractivity contribution in [2.75, 3.05) is 19.7 Å². The van der Waals surface area contributed by atoms with Gasteiger partial charge in [-0.2, -0.15) is 0 Å². The molecular formula is C17H17N3O2S. The summed E-state index contributed by atoms with van der Waals surface area (Å²) in [5.74, 6) is 1.55. The van der Waals surface area contributed by atoms with Crippen LogP contribution in [-0.2, 0) is 11.3 Å². The number of thiazole rings is 1. The molecule has 1 aliphatic rings. The van der Waals surface area contributed by atoms with Gasteiger partial charge in [0.05, 0.1) is 19.3 Å². The summed E-state index contributed by atoms with van der Waals surface area (Å²) in [5.41, 5.74) is 1.05. The van der Waals surface area contributed by atoms with Gasteiger partial charge < -0.3 is 9.15 Å². The summed E-state index contributed by atoms with van der Waals surface area (Å²) in [6, 6.07) is 10.0. The Hall–Kier alpha value is -2.02. The lowest BCUT2D eigenvalue weighted by Crippen LogP contribution is -2.37. The highest BCUT2D eigenvalue weighted by Gasteiger charge is 2.24. The summed E-state index contributed by atoms with van der Waals surface area (Å²) in [6.45, 7) is 3.09. The average Bonchev–Trinajstić information content (AvgIpc) is 3.28. The van der Waals surface area contributed by atoms with E-state index in [1.807, 2.05) is 41.9 Å². The molecule has 0 aliphatic carbocycles. The molecule has 23 heavy (non-hydrogen) atoms. The van der Waals surface area contributed by atoms with Gasteiger partial charge in [-0.15, -0.1) is 11.3 Å². The Morgan fingerprint density at radius 2 is 2.13 bits per heavy atom. The first kappa shape index (κ1) is 14.6. The highest BCUT2D eigenvalue weighted by molar-refractivity contribution is 7.09. The van der Waals surface area contributed by atoms with Gasteiger partial charge in [0.1, 0.15) is 11.1 Å². The van der Waals surface area contributed by atoms with Crippen molar-refractivity contribution in [3.8, 4) is 11.3 Å². The van der Waals surface area contributed by atoms with Crippen molar-refractivity contribution in [1.82, 2.24) is 14.9 Å². The van der Waals surface area contributed by atoms with E-state index in [2.05, 4.69) is 14.9 Å². The maximum absolute atomic E-state index is 5.89. The van der Waals surface area contributed by atoms with Crippen LogP contribution in [0, 0.1) is 0 Å². The quantitative estimate of drug-likeness (QED) is 0.735. The number of oxazole rings is 1. The summed E-state index contributed by atoms with van der Waals surface area (Å²) in [7, 11) is 0. The van der Waals surface area contributed by atoms with Gasteiger partial charge in [0.15, 0.2) is 5.76 Å². The Morgan fingerprint density at radius 3 is 2.96 bits per heavy atom. The molecule has 1 aliphatic heterocycles. The van der Waals surface area contributed by atoms with Crippen molar-refractivity contribution in [3.63, 3.8) is 0 Å². The molecule has 0 amide bonds. The second kappa shape index (κ2) is 6.62. The summed E-state index contributed by atoms with van der Waals surface area (Å²) in [5, 5.41) is 3.02. The summed E-state index contributed by atoms with van der Waals surface area (Å²) in [6.07, 6.45) is 3.67. The van der Waals surface area contributed by atoms with E-state index in [0.29, 0.717) is 13.2 Å². The second-order valence-corrected chi connectivity index (χ2v) is 6.38. The minimum atomic E-state index is 0.0484. The van der Waals surface area contributed by atoms with Crippen molar-refractivity contribution in [3.05, 3.63) is 59.0 Å². The Kier molecular flexibility index (Phi) is 4.19. The Bertz CT molecular complexity index is 742. The predicted octanol–water partition coefficient (Wildman–Crippen LogP) is 3.37. The first-order valence-corrected chi connectivity index (χ1v) is 8.50. The van der Waals surface area contributed by atoms with Crippen LogP contribution in [-0.4, -0.2) is 34.6 Å². The van der Waals surface area contributed by atoms with Gasteiger partial charge >= 0.3 is 0 Å². The summed E-state index contributed by atoms with van der Waals surface area (Å²) >= 11 is 1.64. The number of nitrogens with zero attached hydrogens (tertiary/aromatic N) is 3. The molecule has 6 heteroatoms. The van der Waals surface area contributed by atoms with E-state index in [9.17, 15) is 0 Å². The minimum Gasteiger partial charge on any atom is -0.439 e. The first-order chi connectivity index (χ1) is 11.4. The molecule has 3 heterocycles. The van der Waals surface area contributed by atoms with Crippen molar-refractivity contribution in [2.45, 2.75) is 12.6 Å². The molecule has 1 fully saturated rings. The highest BCUT2D eigenvalue weighted by Crippen LogP contribution is 2.25. The molecule has 0 bridgehead atoms. The highest BCUT2D eigenvalue weighted by atomic mass is 32.1. The SMILES string of the molecule is c1ccc(-c2cnc(CN3CCO[C@H](c4nccs4)C3)o2)cc1. The zero-order valence-corrected chi connectivity index (χ0v) is 13.4. The van der Waals surface area contributed by atoms with Crippen LogP contribution in [0.1, 0.15) is 17.0 Å². The molecule has 1 saturated heterocycles. The first-order valence-electron chi connectivity index (χ1n) is 7.62. The molecule has 5 nitrogen and oxygen atoms in total. The Morgan fingerprint density at radius 1 is 1.22 bits per heavy atom. The van der Waals surface area contributed by atoms with Gasteiger partial charge in [0.25, 0.3) is 0 Å². The normalized spacial score (nSPS) is 19.0. The third kappa shape index (κ3) is 3.34. The molecule has 3 aromatic rings. The fourth-order valence-electron chi connectivity index (χ4n) is 2.70. The Labute approximate surface area is 138 Å². The fraction of sp³-hybridized carbons (Fsp3) is 0.294. The van der Waals surface area contributed by atoms with Gasteiger partial charge in [-0.1, -0.05) is 30.3 Å². The molecular weight excluding hydrogens is 310 g/mol. The lowest BCUT2D eigenvalue weighted by atomic mass is 10.2. The number of morpholine rings is 1. The van der Waals surface area contributed by atoms with Gasteiger partial charge in [0.2, 0.25) is 5.89 Å². The number of hydrogen-bond donors (Lipinski definition) is 0. The van der Waals surface area contributed by atoms with E-state index in [1.165, 1.54) is 0 Å². The van der Waals surface area contributed by atoms with Crippen molar-refractivity contribution in [1.29, 1.82) is 0 Å². The lowest BCUT2D eigenvalue weighted by molar-refractivity contribution is -0.0351. The maximum Gasteiger partial charge on any atom is 0.209 e. The van der Waals surface area contributed by atoms with Crippen LogP contribution in [0.2, 0.25) is 0 Å². The number of benzene rings is 1. The van der Waals surface area contributed by atoms with E-state index >= 15 is 0 Å². The molecule has 1 atom stereocenters. The zero-order valence-electron chi connectivity index (χ0n) is 12.6. The summed E-state index contributed by atoms with van der Waals surface area (Å²) in [4.78, 5) is 11.1. The summed E-state index contributed by atoms with van der Waals surface area (Å²) < 4.78 is 11.7. The van der Waals surface area contributed by atoms with E-state index in [1.54, 1.807) is 17.5 Å². The molecule has 1 aromatic carbocycles. The van der Waals surface area contributed by atoms with Crippen LogP contribution < -0.4 is 0 Å². The van der Waals surface area contributed by atoms with Crippen LogP contribution >= 0.6 is 11.3 Å². The van der Waals surface area contributed by atoms with Crippen molar-refractivity contribution >= 4 is 11.3 Å². The standard InChI is InChI=1S/C17H17N3O2S/c1-2-4-13(5-3-1)14-10-19-16(22-14)12-20-7-8-21-15(11-20)17-18-6-9-23-17/h1-6,9-10,15H,7-8,11-12H2/t15-/m0/s1. The van der Waals surface area contributed by atoms with Gasteiger partial charge in [-0.3, -0.25) is 4.90 Å². The number of ether oxygens (including phenoxy) is 1. The average molecular weight is 327 g/mol. The van der Waals surface area contributed by atoms with E-state index in [4.69, 9.17) is 9.15 Å².